The molecule has 1 N–H and O–H groups in total. The highest BCUT2D eigenvalue weighted by Gasteiger charge is 2.13. The average molecular weight is 332 g/mol. The molecule has 0 bridgehead atoms. The highest BCUT2D eigenvalue weighted by Crippen LogP contribution is 2.25. The van der Waals surface area contributed by atoms with Crippen molar-refractivity contribution in [2.24, 2.45) is 5.92 Å². The molecule has 3 nitrogen and oxygen atoms in total. The number of rotatable bonds is 5. The number of carbonyl (C=O) groups is 1. The summed E-state index contributed by atoms with van der Waals surface area (Å²) < 4.78 is 0. The number of hydrogen-bond donors (Lipinski definition) is 1. The van der Waals surface area contributed by atoms with E-state index in [9.17, 15) is 4.79 Å². The lowest BCUT2D eigenvalue weighted by Crippen LogP contribution is -2.25. The SMILES string of the molecule is Cc1ccc(-c2cc(C(=O)NCCC(C)C)c3ccccc3n2)cc1. The molecule has 1 aromatic heterocycles. The smallest absolute Gasteiger partial charge is 0.252 e. The average Bonchev–Trinajstić information content (AvgIpc) is 2.61. The molecule has 0 aliphatic carbocycles. The largest absolute Gasteiger partial charge is 0.352 e. The van der Waals surface area contributed by atoms with Gasteiger partial charge in [0.2, 0.25) is 0 Å². The summed E-state index contributed by atoms with van der Waals surface area (Å²) in [6, 6.07) is 17.9. The van der Waals surface area contributed by atoms with Crippen molar-refractivity contribution in [3.05, 3.63) is 65.7 Å². The highest BCUT2D eigenvalue weighted by molar-refractivity contribution is 6.07. The molecular weight excluding hydrogens is 308 g/mol. The lowest BCUT2D eigenvalue weighted by Gasteiger charge is -2.11. The van der Waals surface area contributed by atoms with E-state index in [0.717, 1.165) is 28.6 Å². The number of hydrogen-bond acceptors (Lipinski definition) is 2. The summed E-state index contributed by atoms with van der Waals surface area (Å²) in [7, 11) is 0. The van der Waals surface area contributed by atoms with Crippen molar-refractivity contribution in [3.63, 3.8) is 0 Å². The fourth-order valence-corrected chi connectivity index (χ4v) is 2.81. The lowest BCUT2D eigenvalue weighted by atomic mass is 10.0. The molecule has 128 valence electrons. The molecule has 0 aliphatic heterocycles. The summed E-state index contributed by atoms with van der Waals surface area (Å²) in [5.41, 5.74) is 4.58. The number of amides is 1. The maximum Gasteiger partial charge on any atom is 0.252 e. The number of carbonyl (C=O) groups excluding carboxylic acids is 1. The maximum absolute atomic E-state index is 12.7. The van der Waals surface area contributed by atoms with E-state index in [2.05, 4.69) is 38.2 Å². The van der Waals surface area contributed by atoms with Crippen LogP contribution in [0.2, 0.25) is 0 Å². The first kappa shape index (κ1) is 17.2. The third-order valence-corrected chi connectivity index (χ3v) is 4.32. The van der Waals surface area contributed by atoms with Crippen LogP contribution in [0.3, 0.4) is 0 Å². The van der Waals surface area contributed by atoms with Crippen LogP contribution in [0.4, 0.5) is 0 Å². The zero-order valence-corrected chi connectivity index (χ0v) is 15.0. The van der Waals surface area contributed by atoms with Crippen LogP contribution in [0, 0.1) is 12.8 Å². The molecule has 3 aromatic rings. The normalized spacial score (nSPS) is 11.0. The van der Waals surface area contributed by atoms with Gasteiger partial charge in [-0.25, -0.2) is 4.98 Å². The molecule has 0 unspecified atom stereocenters. The van der Waals surface area contributed by atoms with E-state index in [1.54, 1.807) is 0 Å². The lowest BCUT2D eigenvalue weighted by molar-refractivity contribution is 0.0953. The van der Waals surface area contributed by atoms with E-state index in [-0.39, 0.29) is 5.91 Å². The standard InChI is InChI=1S/C22H24N2O/c1-15(2)12-13-23-22(25)19-14-21(17-10-8-16(3)9-11-17)24-20-7-5-4-6-18(19)20/h4-11,14-15H,12-13H2,1-3H3,(H,23,25). The first-order valence-electron chi connectivity index (χ1n) is 8.79. The molecule has 0 aliphatic rings. The van der Waals surface area contributed by atoms with Crippen LogP contribution in [0.25, 0.3) is 22.2 Å². The third-order valence-electron chi connectivity index (χ3n) is 4.32. The second-order valence-electron chi connectivity index (χ2n) is 6.88. The quantitative estimate of drug-likeness (QED) is 0.715. The summed E-state index contributed by atoms with van der Waals surface area (Å²) in [6.07, 6.45) is 0.972. The zero-order valence-electron chi connectivity index (χ0n) is 15.0. The van der Waals surface area contributed by atoms with Crippen molar-refractivity contribution >= 4 is 16.8 Å². The Bertz CT molecular complexity index is 882. The minimum Gasteiger partial charge on any atom is -0.352 e. The van der Waals surface area contributed by atoms with Crippen LogP contribution < -0.4 is 5.32 Å². The first-order chi connectivity index (χ1) is 12.0. The van der Waals surface area contributed by atoms with Gasteiger partial charge in [0, 0.05) is 17.5 Å². The van der Waals surface area contributed by atoms with Gasteiger partial charge in [-0.3, -0.25) is 4.79 Å². The molecule has 3 heteroatoms. The van der Waals surface area contributed by atoms with Crippen molar-refractivity contribution in [1.82, 2.24) is 10.3 Å². The summed E-state index contributed by atoms with van der Waals surface area (Å²) in [5.74, 6) is 0.533. The fourth-order valence-electron chi connectivity index (χ4n) is 2.81. The van der Waals surface area contributed by atoms with Crippen LogP contribution in [0.15, 0.2) is 54.6 Å². The summed E-state index contributed by atoms with van der Waals surface area (Å²) >= 11 is 0. The molecule has 1 heterocycles. The summed E-state index contributed by atoms with van der Waals surface area (Å²) in [4.78, 5) is 17.5. The molecule has 1 amide bonds. The molecule has 0 saturated heterocycles. The van der Waals surface area contributed by atoms with E-state index in [4.69, 9.17) is 4.98 Å². The molecule has 3 rings (SSSR count). The number of aryl methyl sites for hydroxylation is 1. The van der Waals surface area contributed by atoms with Gasteiger partial charge in [-0.1, -0.05) is 61.9 Å². The Morgan fingerprint density at radius 2 is 1.80 bits per heavy atom. The number of aromatic nitrogens is 1. The third kappa shape index (κ3) is 4.05. The first-order valence-corrected chi connectivity index (χ1v) is 8.79. The molecule has 0 atom stereocenters. The van der Waals surface area contributed by atoms with Crippen molar-refractivity contribution in [2.45, 2.75) is 27.2 Å². The van der Waals surface area contributed by atoms with Gasteiger partial charge in [0.1, 0.15) is 0 Å². The summed E-state index contributed by atoms with van der Waals surface area (Å²) in [5, 5.41) is 3.93. The van der Waals surface area contributed by atoms with Crippen molar-refractivity contribution < 1.29 is 4.79 Å². The van der Waals surface area contributed by atoms with Crippen LogP contribution in [-0.2, 0) is 0 Å². The Labute approximate surface area is 149 Å². The van der Waals surface area contributed by atoms with Gasteiger partial charge in [-0.05, 0) is 31.4 Å². The monoisotopic (exact) mass is 332 g/mol. The van der Waals surface area contributed by atoms with Crippen LogP contribution in [0.1, 0.15) is 36.2 Å². The molecular formula is C22H24N2O. The molecule has 0 saturated carbocycles. The second-order valence-corrected chi connectivity index (χ2v) is 6.88. The maximum atomic E-state index is 12.7. The van der Waals surface area contributed by atoms with Gasteiger partial charge < -0.3 is 5.32 Å². The predicted molar refractivity (Wildman–Crippen MR) is 104 cm³/mol. The van der Waals surface area contributed by atoms with E-state index < -0.39 is 0 Å². The number of nitrogens with one attached hydrogen (secondary N) is 1. The van der Waals surface area contributed by atoms with E-state index in [0.29, 0.717) is 18.0 Å². The Kier molecular flexibility index (Phi) is 5.13. The second kappa shape index (κ2) is 7.47. The Balaban J connectivity index is 2.00. The number of pyridine rings is 1. The Morgan fingerprint density at radius 3 is 2.52 bits per heavy atom. The highest BCUT2D eigenvalue weighted by atomic mass is 16.1. The number of fused-ring (bicyclic) bond motifs is 1. The van der Waals surface area contributed by atoms with Gasteiger partial charge >= 0.3 is 0 Å². The predicted octanol–water partition coefficient (Wildman–Crippen LogP) is 4.99. The van der Waals surface area contributed by atoms with Crippen LogP contribution in [-0.4, -0.2) is 17.4 Å². The van der Waals surface area contributed by atoms with Gasteiger partial charge in [-0.15, -0.1) is 0 Å². The van der Waals surface area contributed by atoms with Gasteiger partial charge in [0.25, 0.3) is 5.91 Å². The van der Waals surface area contributed by atoms with Crippen LogP contribution in [0.5, 0.6) is 0 Å². The number of benzene rings is 2. The van der Waals surface area contributed by atoms with Crippen molar-refractivity contribution in [1.29, 1.82) is 0 Å². The molecule has 0 radical (unpaired) electrons. The minimum absolute atomic E-state index is 0.0346. The molecule has 2 aromatic carbocycles. The topological polar surface area (TPSA) is 42.0 Å². The molecule has 0 fully saturated rings. The van der Waals surface area contributed by atoms with E-state index in [1.165, 1.54) is 5.56 Å². The number of para-hydroxylation sites is 1. The van der Waals surface area contributed by atoms with Crippen molar-refractivity contribution in [2.75, 3.05) is 6.54 Å². The Morgan fingerprint density at radius 1 is 1.08 bits per heavy atom. The minimum atomic E-state index is -0.0346. The summed E-state index contributed by atoms with van der Waals surface area (Å²) in [6.45, 7) is 7.06. The molecule has 25 heavy (non-hydrogen) atoms. The van der Waals surface area contributed by atoms with E-state index >= 15 is 0 Å². The van der Waals surface area contributed by atoms with Gasteiger partial charge in [-0.2, -0.15) is 0 Å². The fraction of sp³-hybridized carbons (Fsp3) is 0.273. The van der Waals surface area contributed by atoms with Gasteiger partial charge in [0.05, 0.1) is 16.8 Å². The zero-order chi connectivity index (χ0) is 17.8. The van der Waals surface area contributed by atoms with Crippen LogP contribution >= 0.6 is 0 Å². The Hall–Kier alpha value is -2.68. The van der Waals surface area contributed by atoms with Gasteiger partial charge in [0.15, 0.2) is 0 Å². The van der Waals surface area contributed by atoms with Crippen molar-refractivity contribution in [3.8, 4) is 11.3 Å². The molecule has 0 spiro atoms. The van der Waals surface area contributed by atoms with E-state index in [1.807, 2.05) is 42.5 Å². The number of nitrogens with zero attached hydrogens (tertiary/aromatic N) is 1.